The molecule has 0 aliphatic rings. The van der Waals surface area contributed by atoms with Crippen molar-refractivity contribution in [3.8, 4) is 0 Å². The van der Waals surface area contributed by atoms with Gasteiger partial charge in [-0.25, -0.2) is 4.39 Å². The molecule has 1 aromatic carbocycles. The lowest BCUT2D eigenvalue weighted by Crippen LogP contribution is -2.28. The van der Waals surface area contributed by atoms with Crippen molar-refractivity contribution in [2.24, 2.45) is 0 Å². The summed E-state index contributed by atoms with van der Waals surface area (Å²) in [5.41, 5.74) is 0.920. The molecule has 0 bridgehead atoms. The van der Waals surface area contributed by atoms with Crippen molar-refractivity contribution in [1.29, 1.82) is 0 Å². The molecule has 0 heterocycles. The van der Waals surface area contributed by atoms with Crippen LogP contribution in [0.15, 0.2) is 18.2 Å². The van der Waals surface area contributed by atoms with Crippen LogP contribution in [0.3, 0.4) is 0 Å². The van der Waals surface area contributed by atoms with E-state index in [-0.39, 0.29) is 10.8 Å². The summed E-state index contributed by atoms with van der Waals surface area (Å²) in [5.74, 6) is -0.314. The minimum absolute atomic E-state index is 0.285. The van der Waals surface area contributed by atoms with Crippen LogP contribution in [-0.4, -0.2) is 12.6 Å². The molecule has 0 fully saturated rings. The van der Waals surface area contributed by atoms with Crippen LogP contribution in [0.25, 0.3) is 0 Å². The maximum Gasteiger partial charge on any atom is 0.142 e. The van der Waals surface area contributed by atoms with E-state index in [0.29, 0.717) is 6.04 Å². The van der Waals surface area contributed by atoms with E-state index in [9.17, 15) is 4.39 Å². The highest BCUT2D eigenvalue weighted by atomic mass is 35.5. The molecule has 0 aromatic heterocycles. The van der Waals surface area contributed by atoms with E-state index in [4.69, 9.17) is 11.6 Å². The third kappa shape index (κ3) is 4.95. The van der Waals surface area contributed by atoms with E-state index < -0.39 is 0 Å². The van der Waals surface area contributed by atoms with E-state index in [0.717, 1.165) is 31.4 Å². The van der Waals surface area contributed by atoms with Crippen LogP contribution in [-0.2, 0) is 6.42 Å². The fraction of sp³-hybridized carbons (Fsp3) is 0.600. The van der Waals surface area contributed by atoms with Gasteiger partial charge in [-0.2, -0.15) is 0 Å². The summed E-state index contributed by atoms with van der Waals surface area (Å²) in [4.78, 5) is 0. The minimum Gasteiger partial charge on any atom is -0.314 e. The van der Waals surface area contributed by atoms with Gasteiger partial charge >= 0.3 is 0 Å². The molecule has 0 radical (unpaired) electrons. The summed E-state index contributed by atoms with van der Waals surface area (Å²) < 4.78 is 13.3. The fourth-order valence-electron chi connectivity index (χ4n) is 2.27. The number of nitrogens with one attached hydrogen (secondary N) is 1. The van der Waals surface area contributed by atoms with Crippen LogP contribution in [0.5, 0.6) is 0 Å². The number of rotatable bonds is 8. The van der Waals surface area contributed by atoms with Crippen molar-refractivity contribution in [3.63, 3.8) is 0 Å². The summed E-state index contributed by atoms with van der Waals surface area (Å²) in [7, 11) is 0. The van der Waals surface area contributed by atoms with Gasteiger partial charge < -0.3 is 5.32 Å². The van der Waals surface area contributed by atoms with Gasteiger partial charge in [-0.3, -0.25) is 0 Å². The van der Waals surface area contributed by atoms with Gasteiger partial charge in [-0.1, -0.05) is 44.0 Å². The lowest BCUT2D eigenvalue weighted by molar-refractivity contribution is 0.447. The first kappa shape index (κ1) is 15.5. The SMILES string of the molecule is CCCC(CCCc1cccc(F)c1Cl)NCC. The largest absolute Gasteiger partial charge is 0.314 e. The molecular weight excluding hydrogens is 249 g/mol. The first-order valence-electron chi connectivity index (χ1n) is 6.85. The van der Waals surface area contributed by atoms with E-state index >= 15 is 0 Å². The molecule has 0 spiro atoms. The molecule has 0 saturated carbocycles. The lowest BCUT2D eigenvalue weighted by atomic mass is 10.0. The van der Waals surface area contributed by atoms with Gasteiger partial charge in [0.05, 0.1) is 5.02 Å². The standard InChI is InChI=1S/C15H23ClFN/c1-3-7-13(18-4-2)10-5-8-12-9-6-11-14(17)15(12)16/h6,9,11,13,18H,3-5,7-8,10H2,1-2H3. The van der Waals surface area contributed by atoms with E-state index in [2.05, 4.69) is 19.2 Å². The zero-order valence-corrected chi connectivity index (χ0v) is 12.1. The highest BCUT2D eigenvalue weighted by molar-refractivity contribution is 6.31. The van der Waals surface area contributed by atoms with Crippen LogP contribution in [0.1, 0.15) is 45.1 Å². The second-order valence-corrected chi connectivity index (χ2v) is 5.03. The minimum atomic E-state index is -0.314. The van der Waals surface area contributed by atoms with Crippen molar-refractivity contribution in [2.45, 2.75) is 52.0 Å². The van der Waals surface area contributed by atoms with Crippen molar-refractivity contribution >= 4 is 11.6 Å². The molecule has 0 aliphatic heterocycles. The van der Waals surface area contributed by atoms with Crippen molar-refractivity contribution in [1.82, 2.24) is 5.32 Å². The Morgan fingerprint density at radius 1 is 1.28 bits per heavy atom. The highest BCUT2D eigenvalue weighted by Gasteiger charge is 2.08. The molecule has 1 unspecified atom stereocenters. The molecule has 1 N–H and O–H groups in total. The van der Waals surface area contributed by atoms with Gasteiger partial charge in [0, 0.05) is 6.04 Å². The molecule has 0 saturated heterocycles. The predicted octanol–water partition coefficient (Wildman–Crippen LogP) is 4.58. The monoisotopic (exact) mass is 271 g/mol. The molecule has 0 amide bonds. The normalized spacial score (nSPS) is 12.7. The van der Waals surface area contributed by atoms with Crippen LogP contribution in [0.2, 0.25) is 5.02 Å². The molecule has 3 heteroatoms. The quantitative estimate of drug-likeness (QED) is 0.730. The van der Waals surface area contributed by atoms with Crippen LogP contribution in [0, 0.1) is 5.82 Å². The van der Waals surface area contributed by atoms with Crippen molar-refractivity contribution < 1.29 is 4.39 Å². The topological polar surface area (TPSA) is 12.0 Å². The highest BCUT2D eigenvalue weighted by Crippen LogP contribution is 2.21. The molecule has 1 nitrogen and oxygen atoms in total. The molecule has 18 heavy (non-hydrogen) atoms. The fourth-order valence-corrected chi connectivity index (χ4v) is 2.49. The van der Waals surface area contributed by atoms with Gasteiger partial charge in [0.1, 0.15) is 5.82 Å². The maximum absolute atomic E-state index is 13.3. The number of benzene rings is 1. The number of hydrogen-bond acceptors (Lipinski definition) is 1. The van der Waals surface area contributed by atoms with Gasteiger partial charge in [0.2, 0.25) is 0 Å². The summed E-state index contributed by atoms with van der Waals surface area (Å²) in [6, 6.07) is 5.62. The summed E-state index contributed by atoms with van der Waals surface area (Å²) in [6.07, 6.45) is 5.40. The summed E-state index contributed by atoms with van der Waals surface area (Å²) in [6.45, 7) is 5.34. The Kier molecular flexibility index (Phi) is 7.29. The van der Waals surface area contributed by atoms with Gasteiger partial charge in [0.25, 0.3) is 0 Å². The zero-order valence-electron chi connectivity index (χ0n) is 11.3. The van der Waals surface area contributed by atoms with Crippen molar-refractivity contribution in [3.05, 3.63) is 34.6 Å². The first-order chi connectivity index (χ1) is 8.69. The molecule has 102 valence electrons. The average molecular weight is 272 g/mol. The van der Waals surface area contributed by atoms with Crippen LogP contribution in [0.4, 0.5) is 4.39 Å². The molecule has 1 rings (SSSR count). The predicted molar refractivity (Wildman–Crippen MR) is 76.7 cm³/mol. The second-order valence-electron chi connectivity index (χ2n) is 4.65. The smallest absolute Gasteiger partial charge is 0.142 e. The summed E-state index contributed by atoms with van der Waals surface area (Å²) in [5, 5.41) is 3.77. The number of hydrogen-bond donors (Lipinski definition) is 1. The van der Waals surface area contributed by atoms with Crippen molar-refractivity contribution in [2.75, 3.05) is 6.54 Å². The first-order valence-corrected chi connectivity index (χ1v) is 7.23. The van der Waals surface area contributed by atoms with E-state index in [1.165, 1.54) is 18.9 Å². The Hall–Kier alpha value is -0.600. The Morgan fingerprint density at radius 2 is 2.06 bits per heavy atom. The Balaban J connectivity index is 2.42. The summed E-state index contributed by atoms with van der Waals surface area (Å²) >= 11 is 5.94. The second kappa shape index (κ2) is 8.49. The van der Waals surface area contributed by atoms with E-state index in [1.807, 2.05) is 6.07 Å². The molecule has 0 aliphatic carbocycles. The van der Waals surface area contributed by atoms with E-state index in [1.54, 1.807) is 6.07 Å². The maximum atomic E-state index is 13.3. The third-order valence-corrected chi connectivity index (χ3v) is 3.58. The van der Waals surface area contributed by atoms with Gasteiger partial charge in [-0.05, 0) is 43.9 Å². The van der Waals surface area contributed by atoms with Gasteiger partial charge in [-0.15, -0.1) is 0 Å². The van der Waals surface area contributed by atoms with Gasteiger partial charge in [0.15, 0.2) is 0 Å². The molecule has 1 aromatic rings. The Bertz CT molecular complexity index is 348. The molecule has 1 atom stereocenters. The number of aryl methyl sites for hydroxylation is 1. The lowest BCUT2D eigenvalue weighted by Gasteiger charge is -2.17. The average Bonchev–Trinajstić information content (AvgIpc) is 2.35. The third-order valence-electron chi connectivity index (χ3n) is 3.16. The van der Waals surface area contributed by atoms with Crippen LogP contribution < -0.4 is 5.32 Å². The van der Waals surface area contributed by atoms with Crippen LogP contribution >= 0.6 is 11.6 Å². The number of halogens is 2. The Morgan fingerprint density at radius 3 is 2.72 bits per heavy atom. The zero-order chi connectivity index (χ0) is 13.4. The Labute approximate surface area is 115 Å². The molecular formula is C15H23ClFN.